The fraction of sp³-hybridized carbons (Fsp3) is 0.364. The van der Waals surface area contributed by atoms with Crippen LogP contribution in [-0.2, 0) is 14.8 Å². The molecule has 1 aliphatic rings. The molecule has 1 aliphatic heterocycles. The minimum atomic E-state index is -3.37. The monoisotopic (exact) mass is 240 g/mol. The van der Waals surface area contributed by atoms with E-state index in [1.807, 2.05) is 0 Å². The molecule has 1 radical (unpaired) electrons. The topological polar surface area (TPSA) is 46.6 Å². The number of sulfonamides is 1. The lowest BCUT2D eigenvalue weighted by molar-refractivity contribution is 0.0730. The van der Waals surface area contributed by atoms with E-state index in [2.05, 4.69) is 6.92 Å². The summed E-state index contributed by atoms with van der Waals surface area (Å²) in [6, 6.07) is 6.66. The fourth-order valence-electron chi connectivity index (χ4n) is 1.64. The predicted molar refractivity (Wildman–Crippen MR) is 60.5 cm³/mol. The number of rotatable bonds is 2. The number of hydrogen-bond donors (Lipinski definition) is 0. The van der Waals surface area contributed by atoms with Crippen molar-refractivity contribution in [1.82, 2.24) is 4.31 Å². The molecule has 0 spiro atoms. The second kappa shape index (κ2) is 4.53. The molecule has 1 heterocycles. The minimum Gasteiger partial charge on any atom is -0.379 e. The van der Waals surface area contributed by atoms with E-state index in [-0.39, 0.29) is 0 Å². The summed E-state index contributed by atoms with van der Waals surface area (Å²) in [6.45, 7) is 5.50. The van der Waals surface area contributed by atoms with Crippen molar-refractivity contribution in [2.45, 2.75) is 4.90 Å². The maximum absolute atomic E-state index is 12.2. The molecule has 0 atom stereocenters. The third kappa shape index (κ3) is 2.26. The van der Waals surface area contributed by atoms with Crippen LogP contribution in [0.4, 0.5) is 0 Å². The van der Waals surface area contributed by atoms with Crippen molar-refractivity contribution in [3.8, 4) is 0 Å². The zero-order valence-electron chi connectivity index (χ0n) is 8.93. The van der Waals surface area contributed by atoms with Crippen molar-refractivity contribution in [3.63, 3.8) is 0 Å². The van der Waals surface area contributed by atoms with E-state index in [0.717, 1.165) is 0 Å². The van der Waals surface area contributed by atoms with E-state index in [0.29, 0.717) is 36.8 Å². The number of nitrogens with zero attached hydrogens (tertiary/aromatic N) is 1. The summed E-state index contributed by atoms with van der Waals surface area (Å²) in [6.07, 6.45) is 0. The summed E-state index contributed by atoms with van der Waals surface area (Å²) in [5.74, 6) is 0. The molecule has 16 heavy (non-hydrogen) atoms. The second-order valence-electron chi connectivity index (χ2n) is 3.66. The van der Waals surface area contributed by atoms with Crippen molar-refractivity contribution in [2.75, 3.05) is 26.3 Å². The SMILES string of the molecule is [CH2]c1cccc(S(=O)(=O)N2CCOCC2)c1. The fourth-order valence-corrected chi connectivity index (χ4v) is 3.12. The zero-order valence-corrected chi connectivity index (χ0v) is 9.74. The van der Waals surface area contributed by atoms with Crippen LogP contribution in [0.1, 0.15) is 5.56 Å². The maximum Gasteiger partial charge on any atom is 0.243 e. The molecule has 1 fully saturated rings. The van der Waals surface area contributed by atoms with Gasteiger partial charge in [-0.2, -0.15) is 4.31 Å². The second-order valence-corrected chi connectivity index (χ2v) is 5.60. The van der Waals surface area contributed by atoms with Gasteiger partial charge in [-0.1, -0.05) is 12.1 Å². The first-order valence-electron chi connectivity index (χ1n) is 5.10. The highest BCUT2D eigenvalue weighted by atomic mass is 32.2. The molecule has 4 nitrogen and oxygen atoms in total. The number of ether oxygens (including phenoxy) is 1. The van der Waals surface area contributed by atoms with Crippen LogP contribution in [0.5, 0.6) is 0 Å². The highest BCUT2D eigenvalue weighted by molar-refractivity contribution is 7.89. The molecular formula is C11H14NO3S. The van der Waals surface area contributed by atoms with Crippen molar-refractivity contribution < 1.29 is 13.2 Å². The molecule has 0 aliphatic carbocycles. The molecular weight excluding hydrogens is 226 g/mol. The van der Waals surface area contributed by atoms with Crippen LogP contribution >= 0.6 is 0 Å². The number of benzene rings is 1. The van der Waals surface area contributed by atoms with Crippen molar-refractivity contribution in [2.24, 2.45) is 0 Å². The lowest BCUT2D eigenvalue weighted by Gasteiger charge is -2.26. The third-order valence-corrected chi connectivity index (χ3v) is 4.40. The number of morpholine rings is 1. The quantitative estimate of drug-likeness (QED) is 0.771. The highest BCUT2D eigenvalue weighted by Crippen LogP contribution is 2.17. The Bertz CT molecular complexity index is 464. The van der Waals surface area contributed by atoms with Crippen molar-refractivity contribution in [3.05, 3.63) is 36.8 Å². The van der Waals surface area contributed by atoms with E-state index in [4.69, 9.17) is 4.74 Å². The molecule has 87 valence electrons. The summed E-state index contributed by atoms with van der Waals surface area (Å²) in [5.41, 5.74) is 0.703. The van der Waals surface area contributed by atoms with Gasteiger partial charge >= 0.3 is 0 Å². The normalized spacial score (nSPS) is 18.6. The van der Waals surface area contributed by atoms with Gasteiger partial charge in [-0.3, -0.25) is 0 Å². The summed E-state index contributed by atoms with van der Waals surface area (Å²) in [7, 11) is -3.37. The summed E-state index contributed by atoms with van der Waals surface area (Å²) in [4.78, 5) is 0.307. The van der Waals surface area contributed by atoms with Crippen LogP contribution in [0.15, 0.2) is 29.2 Å². The average molecular weight is 240 g/mol. The largest absolute Gasteiger partial charge is 0.379 e. The van der Waals surface area contributed by atoms with Crippen molar-refractivity contribution >= 4 is 10.0 Å². The van der Waals surface area contributed by atoms with Gasteiger partial charge in [-0.05, 0) is 24.6 Å². The molecule has 2 rings (SSSR count). The Labute approximate surface area is 95.9 Å². The first-order valence-corrected chi connectivity index (χ1v) is 6.54. The van der Waals surface area contributed by atoms with Crippen molar-refractivity contribution in [1.29, 1.82) is 0 Å². The molecule has 1 aromatic carbocycles. The maximum atomic E-state index is 12.2. The Hall–Kier alpha value is -0.910. The standard InChI is InChI=1S/C11H14NO3S/c1-10-3-2-4-11(9-10)16(13,14)12-5-7-15-8-6-12/h2-4,9H,1,5-8H2. The Morgan fingerprint density at radius 3 is 2.56 bits per heavy atom. The van der Waals surface area contributed by atoms with E-state index in [9.17, 15) is 8.42 Å². The molecule has 0 N–H and O–H groups in total. The Balaban J connectivity index is 2.30. The van der Waals surface area contributed by atoms with Crippen LogP contribution in [0.3, 0.4) is 0 Å². The van der Waals surface area contributed by atoms with E-state index < -0.39 is 10.0 Å². The molecule has 0 aromatic heterocycles. The minimum absolute atomic E-state index is 0.307. The van der Waals surface area contributed by atoms with E-state index >= 15 is 0 Å². The highest BCUT2D eigenvalue weighted by Gasteiger charge is 2.25. The van der Waals surface area contributed by atoms with Gasteiger partial charge in [0, 0.05) is 13.1 Å². The van der Waals surface area contributed by atoms with Gasteiger partial charge < -0.3 is 4.74 Å². The van der Waals surface area contributed by atoms with Gasteiger partial charge in [0.05, 0.1) is 18.1 Å². The van der Waals surface area contributed by atoms with Crippen LogP contribution in [0.2, 0.25) is 0 Å². The number of hydrogen-bond acceptors (Lipinski definition) is 3. The van der Waals surface area contributed by atoms with Crippen LogP contribution in [0, 0.1) is 6.92 Å². The van der Waals surface area contributed by atoms with Gasteiger partial charge in [0.25, 0.3) is 0 Å². The van der Waals surface area contributed by atoms with Gasteiger partial charge in [0.15, 0.2) is 0 Å². The first-order chi connectivity index (χ1) is 7.60. The third-order valence-electron chi connectivity index (χ3n) is 2.51. The van der Waals surface area contributed by atoms with Gasteiger partial charge in [0.1, 0.15) is 0 Å². The molecule has 0 unspecified atom stereocenters. The Kier molecular flexibility index (Phi) is 3.28. The molecule has 0 bridgehead atoms. The lowest BCUT2D eigenvalue weighted by Crippen LogP contribution is -2.40. The first kappa shape index (κ1) is 11.6. The Morgan fingerprint density at radius 2 is 1.94 bits per heavy atom. The predicted octanol–water partition coefficient (Wildman–Crippen LogP) is 0.890. The van der Waals surface area contributed by atoms with Crippen LogP contribution in [-0.4, -0.2) is 39.0 Å². The molecule has 0 saturated carbocycles. The Morgan fingerprint density at radius 1 is 1.25 bits per heavy atom. The van der Waals surface area contributed by atoms with E-state index in [1.165, 1.54) is 4.31 Å². The van der Waals surface area contributed by atoms with Crippen LogP contribution in [0.25, 0.3) is 0 Å². The molecule has 1 saturated heterocycles. The lowest BCUT2D eigenvalue weighted by atomic mass is 10.2. The van der Waals surface area contributed by atoms with Gasteiger partial charge in [-0.15, -0.1) is 0 Å². The summed E-state index contributed by atoms with van der Waals surface area (Å²) >= 11 is 0. The molecule has 1 aromatic rings. The molecule has 5 heteroatoms. The summed E-state index contributed by atoms with van der Waals surface area (Å²) in [5, 5.41) is 0. The zero-order chi connectivity index (χ0) is 11.6. The van der Waals surface area contributed by atoms with E-state index in [1.54, 1.807) is 24.3 Å². The smallest absolute Gasteiger partial charge is 0.243 e. The molecule has 0 amide bonds. The van der Waals surface area contributed by atoms with Crippen LogP contribution < -0.4 is 0 Å². The average Bonchev–Trinajstić information content (AvgIpc) is 2.30. The summed E-state index contributed by atoms with van der Waals surface area (Å²) < 4.78 is 30.9. The van der Waals surface area contributed by atoms with Gasteiger partial charge in [0.2, 0.25) is 10.0 Å². The van der Waals surface area contributed by atoms with Gasteiger partial charge in [-0.25, -0.2) is 8.42 Å².